The van der Waals surface area contributed by atoms with Crippen molar-refractivity contribution in [1.29, 1.82) is 0 Å². The molecule has 0 aromatic carbocycles. The molecule has 0 bridgehead atoms. The highest BCUT2D eigenvalue weighted by molar-refractivity contribution is 6.22. The summed E-state index contributed by atoms with van der Waals surface area (Å²) in [6.45, 7) is 2.28. The Balaban J connectivity index is 2.42. The zero-order valence-corrected chi connectivity index (χ0v) is 8.14. The Bertz CT molecular complexity index is 159. The second-order valence-electron chi connectivity index (χ2n) is 3.16. The first kappa shape index (κ1) is 9.85. The number of hydrogen-bond donors (Lipinski definition) is 0. The first-order valence-corrected chi connectivity index (χ1v) is 5.00. The third kappa shape index (κ3) is 2.37. The first-order chi connectivity index (χ1) is 5.75. The van der Waals surface area contributed by atoms with E-state index in [1.54, 1.807) is 0 Å². The monoisotopic (exact) mass is 190 g/mol. The molecule has 0 aromatic rings. The number of esters is 1. The minimum absolute atomic E-state index is 0.00204. The SMILES string of the molecule is CCOC(=O)[C@@H]1CCCC[C@@H]1Cl. The van der Waals surface area contributed by atoms with Crippen LogP contribution in [0.15, 0.2) is 0 Å². The summed E-state index contributed by atoms with van der Waals surface area (Å²) in [5, 5.41) is -0.00204. The third-order valence-corrected chi connectivity index (χ3v) is 2.79. The summed E-state index contributed by atoms with van der Waals surface area (Å²) in [6, 6.07) is 0. The summed E-state index contributed by atoms with van der Waals surface area (Å²) in [7, 11) is 0. The lowest BCUT2D eigenvalue weighted by Gasteiger charge is -2.24. The van der Waals surface area contributed by atoms with Crippen molar-refractivity contribution in [3.8, 4) is 0 Å². The Kier molecular flexibility index (Phi) is 3.86. The van der Waals surface area contributed by atoms with Gasteiger partial charge in [0.25, 0.3) is 0 Å². The third-order valence-electron chi connectivity index (χ3n) is 2.27. The minimum atomic E-state index is -0.114. The number of alkyl halides is 1. The Morgan fingerprint density at radius 2 is 2.17 bits per heavy atom. The lowest BCUT2D eigenvalue weighted by molar-refractivity contribution is -0.148. The standard InChI is InChI=1S/C9H15ClO2/c1-2-12-9(11)7-5-3-4-6-8(7)10/h7-8H,2-6H2,1H3/t7-,8+/m1/s1. The summed E-state index contributed by atoms with van der Waals surface area (Å²) in [4.78, 5) is 11.3. The van der Waals surface area contributed by atoms with Crippen LogP contribution in [0.3, 0.4) is 0 Å². The molecule has 1 aliphatic rings. The smallest absolute Gasteiger partial charge is 0.310 e. The number of carbonyl (C=O) groups excluding carboxylic acids is 1. The topological polar surface area (TPSA) is 26.3 Å². The maximum Gasteiger partial charge on any atom is 0.310 e. The fraction of sp³-hybridized carbons (Fsp3) is 0.889. The van der Waals surface area contributed by atoms with Crippen molar-refractivity contribution in [3.05, 3.63) is 0 Å². The Morgan fingerprint density at radius 1 is 1.50 bits per heavy atom. The molecule has 0 aliphatic heterocycles. The van der Waals surface area contributed by atoms with E-state index in [2.05, 4.69) is 0 Å². The fourth-order valence-corrected chi connectivity index (χ4v) is 1.98. The fourth-order valence-electron chi connectivity index (χ4n) is 1.60. The lowest BCUT2D eigenvalue weighted by atomic mass is 9.89. The van der Waals surface area contributed by atoms with Crippen LogP contribution >= 0.6 is 11.6 Å². The van der Waals surface area contributed by atoms with Crippen molar-refractivity contribution in [2.24, 2.45) is 5.92 Å². The highest BCUT2D eigenvalue weighted by Crippen LogP contribution is 2.29. The second kappa shape index (κ2) is 4.70. The van der Waals surface area contributed by atoms with Gasteiger partial charge in [0, 0.05) is 5.38 Å². The van der Waals surface area contributed by atoms with Crippen molar-refractivity contribution in [1.82, 2.24) is 0 Å². The van der Waals surface area contributed by atoms with Gasteiger partial charge in [0.05, 0.1) is 12.5 Å². The highest BCUT2D eigenvalue weighted by Gasteiger charge is 2.30. The largest absolute Gasteiger partial charge is 0.466 e. The van der Waals surface area contributed by atoms with Gasteiger partial charge in [-0.15, -0.1) is 11.6 Å². The molecule has 0 unspecified atom stereocenters. The predicted molar refractivity (Wildman–Crippen MR) is 48.2 cm³/mol. The van der Waals surface area contributed by atoms with Crippen LogP contribution in [0.1, 0.15) is 32.6 Å². The van der Waals surface area contributed by atoms with E-state index >= 15 is 0 Å². The van der Waals surface area contributed by atoms with E-state index in [0.29, 0.717) is 6.61 Å². The van der Waals surface area contributed by atoms with E-state index in [4.69, 9.17) is 16.3 Å². The molecule has 0 saturated heterocycles. The average Bonchev–Trinajstić information content (AvgIpc) is 2.05. The summed E-state index contributed by atoms with van der Waals surface area (Å²) in [5.41, 5.74) is 0. The lowest BCUT2D eigenvalue weighted by Crippen LogP contribution is -2.29. The molecule has 3 heteroatoms. The second-order valence-corrected chi connectivity index (χ2v) is 3.72. The van der Waals surface area contributed by atoms with Crippen molar-refractivity contribution < 1.29 is 9.53 Å². The molecule has 0 radical (unpaired) electrons. The maximum atomic E-state index is 11.3. The zero-order chi connectivity index (χ0) is 8.97. The Labute approximate surface area is 78.2 Å². The van der Waals surface area contributed by atoms with Gasteiger partial charge in [-0.1, -0.05) is 12.8 Å². The number of hydrogen-bond acceptors (Lipinski definition) is 2. The van der Waals surface area contributed by atoms with Crippen LogP contribution in [0.4, 0.5) is 0 Å². The maximum absolute atomic E-state index is 11.3. The van der Waals surface area contributed by atoms with E-state index in [9.17, 15) is 4.79 Å². The Morgan fingerprint density at radius 3 is 2.75 bits per heavy atom. The number of rotatable bonds is 2. The molecular formula is C9H15ClO2. The summed E-state index contributed by atoms with van der Waals surface area (Å²) in [6.07, 6.45) is 4.09. The summed E-state index contributed by atoms with van der Waals surface area (Å²) < 4.78 is 4.93. The predicted octanol–water partition coefficient (Wildman–Crippen LogP) is 2.35. The molecule has 2 atom stereocenters. The van der Waals surface area contributed by atoms with Gasteiger partial charge in [-0.2, -0.15) is 0 Å². The molecule has 0 aromatic heterocycles. The molecule has 0 amide bonds. The molecular weight excluding hydrogens is 176 g/mol. The Hall–Kier alpha value is -0.240. The van der Waals surface area contributed by atoms with E-state index in [-0.39, 0.29) is 17.3 Å². The summed E-state index contributed by atoms with van der Waals surface area (Å²) >= 11 is 6.01. The van der Waals surface area contributed by atoms with Crippen LogP contribution in [-0.4, -0.2) is 18.0 Å². The molecule has 1 rings (SSSR count). The number of ether oxygens (including phenoxy) is 1. The van der Waals surface area contributed by atoms with Crippen molar-refractivity contribution >= 4 is 17.6 Å². The molecule has 1 aliphatic carbocycles. The molecule has 0 spiro atoms. The zero-order valence-electron chi connectivity index (χ0n) is 7.38. The van der Waals surface area contributed by atoms with Gasteiger partial charge in [0.2, 0.25) is 0 Å². The molecule has 2 nitrogen and oxygen atoms in total. The van der Waals surface area contributed by atoms with Crippen molar-refractivity contribution in [2.75, 3.05) is 6.61 Å². The van der Waals surface area contributed by atoms with Crippen LogP contribution < -0.4 is 0 Å². The molecule has 0 N–H and O–H groups in total. The van der Waals surface area contributed by atoms with Gasteiger partial charge in [0.1, 0.15) is 0 Å². The van der Waals surface area contributed by atoms with Crippen LogP contribution in [0.2, 0.25) is 0 Å². The number of carbonyl (C=O) groups is 1. The molecule has 1 saturated carbocycles. The van der Waals surface area contributed by atoms with Crippen LogP contribution in [0.25, 0.3) is 0 Å². The van der Waals surface area contributed by atoms with E-state index < -0.39 is 0 Å². The first-order valence-electron chi connectivity index (χ1n) is 4.56. The van der Waals surface area contributed by atoms with Gasteiger partial charge < -0.3 is 4.74 Å². The summed E-state index contributed by atoms with van der Waals surface area (Å²) in [5.74, 6) is -0.169. The average molecular weight is 191 g/mol. The van der Waals surface area contributed by atoms with Crippen molar-refractivity contribution in [2.45, 2.75) is 38.0 Å². The highest BCUT2D eigenvalue weighted by atomic mass is 35.5. The van der Waals surface area contributed by atoms with E-state index in [0.717, 1.165) is 25.7 Å². The van der Waals surface area contributed by atoms with Gasteiger partial charge in [-0.05, 0) is 19.8 Å². The number of halogens is 1. The van der Waals surface area contributed by atoms with Gasteiger partial charge in [0.15, 0.2) is 0 Å². The van der Waals surface area contributed by atoms with Gasteiger partial charge in [-0.25, -0.2) is 0 Å². The molecule has 1 fully saturated rings. The van der Waals surface area contributed by atoms with Gasteiger partial charge >= 0.3 is 5.97 Å². The van der Waals surface area contributed by atoms with Gasteiger partial charge in [-0.3, -0.25) is 4.79 Å². The quantitative estimate of drug-likeness (QED) is 0.494. The van der Waals surface area contributed by atoms with Crippen LogP contribution in [-0.2, 0) is 9.53 Å². The minimum Gasteiger partial charge on any atom is -0.466 e. The van der Waals surface area contributed by atoms with Crippen molar-refractivity contribution in [3.63, 3.8) is 0 Å². The van der Waals surface area contributed by atoms with E-state index in [1.165, 1.54) is 0 Å². The van der Waals surface area contributed by atoms with Crippen LogP contribution in [0, 0.1) is 5.92 Å². The normalized spacial score (nSPS) is 29.8. The van der Waals surface area contributed by atoms with E-state index in [1.807, 2.05) is 6.92 Å². The molecule has 70 valence electrons. The molecule has 0 heterocycles. The molecule has 12 heavy (non-hydrogen) atoms. The van der Waals surface area contributed by atoms with Crippen LogP contribution in [0.5, 0.6) is 0 Å².